The Morgan fingerprint density at radius 1 is 1.31 bits per heavy atom. The minimum absolute atomic E-state index is 0.230. The lowest BCUT2D eigenvalue weighted by molar-refractivity contribution is 0.980. The highest BCUT2D eigenvalue weighted by molar-refractivity contribution is 7.85. The first-order valence-electron chi connectivity index (χ1n) is 2.88. The van der Waals surface area contributed by atoms with Crippen LogP contribution in [-0.2, 0) is 0 Å². The largest absolute Gasteiger partial charge is 0.333 e. The van der Waals surface area contributed by atoms with Crippen molar-refractivity contribution >= 4 is 24.5 Å². The molecule has 8 N–H and O–H groups in total. The second kappa shape index (κ2) is 5.89. The van der Waals surface area contributed by atoms with Gasteiger partial charge in [0.15, 0.2) is 0 Å². The van der Waals surface area contributed by atoms with Crippen LogP contribution in [0.5, 0.6) is 0 Å². The number of hydrogen-bond donors (Lipinski definition) is 6. The van der Waals surface area contributed by atoms with Crippen LogP contribution in [0.15, 0.2) is 0 Å². The Morgan fingerprint density at radius 3 is 1.77 bits per heavy atom. The molecule has 1 rings (SSSR count). The molecule has 0 radical (unpaired) electrons. The summed E-state index contributed by atoms with van der Waals surface area (Å²) in [6.45, 7) is 0. The summed E-state index contributed by atoms with van der Waals surface area (Å²) in [5.74, 6) is 15.8. The fraction of sp³-hybridized carbons (Fsp3) is 0. The first kappa shape index (κ1) is 11.3. The minimum atomic E-state index is 0.230. The number of nitriles is 1. The van der Waals surface area contributed by atoms with E-state index in [1.807, 2.05) is 0 Å². The number of aromatic nitrogens is 3. The Kier molecular flexibility index (Phi) is 5.12. The number of nitrogen functional groups attached to an aromatic ring is 3. The number of hydrogen-bond acceptors (Lipinski definition) is 9. The summed E-state index contributed by atoms with van der Waals surface area (Å²) in [6, 6.07) is 0. The van der Waals surface area contributed by atoms with Gasteiger partial charge in [-0.1, -0.05) is 12.6 Å². The average molecular weight is 203 g/mol. The van der Waals surface area contributed by atoms with Gasteiger partial charge in [-0.3, -0.25) is 10.9 Å². The third kappa shape index (κ3) is 3.03. The van der Waals surface area contributed by atoms with Crippen molar-refractivity contribution in [2.45, 2.75) is 0 Å². The van der Waals surface area contributed by atoms with Crippen LogP contribution in [0.4, 0.5) is 11.9 Å². The highest BCUT2D eigenvalue weighted by atomic mass is 32.1. The van der Waals surface area contributed by atoms with Crippen LogP contribution in [0.25, 0.3) is 0 Å². The van der Waals surface area contributed by atoms with E-state index >= 15 is 0 Å². The SMILES string of the molecule is N#CS.NNc1nnc(NN)n1N. The van der Waals surface area contributed by atoms with Gasteiger partial charge in [0.1, 0.15) is 5.40 Å². The zero-order valence-corrected chi connectivity index (χ0v) is 7.36. The van der Waals surface area contributed by atoms with Crippen molar-refractivity contribution in [1.82, 2.24) is 14.9 Å². The summed E-state index contributed by atoms with van der Waals surface area (Å²) in [4.78, 5) is 0. The van der Waals surface area contributed by atoms with Crippen LogP contribution in [0, 0.1) is 10.7 Å². The molecule has 1 aromatic rings. The van der Waals surface area contributed by atoms with Gasteiger partial charge in [-0.2, -0.15) is 9.94 Å². The second-order valence-corrected chi connectivity index (χ2v) is 1.81. The minimum Gasteiger partial charge on any atom is -0.333 e. The highest BCUT2D eigenvalue weighted by Crippen LogP contribution is 2.02. The number of rotatable bonds is 2. The lowest BCUT2D eigenvalue weighted by Crippen LogP contribution is -2.21. The molecule has 0 aliphatic rings. The van der Waals surface area contributed by atoms with Gasteiger partial charge >= 0.3 is 0 Å². The topological polar surface area (TPSA) is 157 Å². The van der Waals surface area contributed by atoms with Crippen LogP contribution in [0.1, 0.15) is 0 Å². The maximum Gasteiger partial charge on any atom is 0.259 e. The van der Waals surface area contributed by atoms with Crippen LogP contribution in [-0.4, -0.2) is 14.9 Å². The first-order chi connectivity index (χ1) is 6.21. The molecule has 0 saturated carbocycles. The van der Waals surface area contributed by atoms with Crippen LogP contribution in [0.3, 0.4) is 0 Å². The second-order valence-electron chi connectivity index (χ2n) is 1.61. The maximum atomic E-state index is 7.18. The Hall–Kier alpha value is -1.70. The molecule has 0 amide bonds. The highest BCUT2D eigenvalue weighted by Gasteiger charge is 2.04. The third-order valence-electron chi connectivity index (χ3n) is 0.954. The van der Waals surface area contributed by atoms with E-state index in [4.69, 9.17) is 22.8 Å². The van der Waals surface area contributed by atoms with E-state index in [1.54, 1.807) is 0 Å². The molecule has 1 aromatic heterocycles. The molecule has 10 heteroatoms. The van der Waals surface area contributed by atoms with Crippen molar-refractivity contribution in [3.05, 3.63) is 0 Å². The first-order valence-corrected chi connectivity index (χ1v) is 3.32. The van der Waals surface area contributed by atoms with Gasteiger partial charge in [0.25, 0.3) is 11.9 Å². The molecule has 0 spiro atoms. The van der Waals surface area contributed by atoms with Crippen molar-refractivity contribution in [2.24, 2.45) is 11.7 Å². The number of thiol groups is 1. The summed E-state index contributed by atoms with van der Waals surface area (Å²) >= 11 is 3.09. The van der Waals surface area contributed by atoms with E-state index in [2.05, 4.69) is 33.7 Å². The Bertz CT molecular complexity index is 264. The molecule has 0 aliphatic heterocycles. The van der Waals surface area contributed by atoms with Gasteiger partial charge in [0.05, 0.1) is 0 Å². The zero-order valence-electron chi connectivity index (χ0n) is 6.47. The predicted molar refractivity (Wildman–Crippen MR) is 50.4 cm³/mol. The van der Waals surface area contributed by atoms with Gasteiger partial charge in [-0.15, -0.1) is 10.2 Å². The Balaban J connectivity index is 0.000000424. The summed E-state index contributed by atoms with van der Waals surface area (Å²) < 4.78 is 1.08. The number of nitrogens with two attached hydrogens (primary N) is 3. The smallest absolute Gasteiger partial charge is 0.259 e. The molecule has 0 bridgehead atoms. The fourth-order valence-electron chi connectivity index (χ4n) is 0.488. The van der Waals surface area contributed by atoms with Crippen molar-refractivity contribution in [2.75, 3.05) is 16.7 Å². The van der Waals surface area contributed by atoms with E-state index < -0.39 is 0 Å². The fourth-order valence-corrected chi connectivity index (χ4v) is 0.488. The number of thiocyanates is 1. The van der Waals surface area contributed by atoms with E-state index in [1.165, 1.54) is 5.40 Å². The summed E-state index contributed by atoms with van der Waals surface area (Å²) in [5, 5.41) is 15.7. The number of nitrogens with one attached hydrogen (secondary N) is 2. The molecule has 0 unspecified atom stereocenters. The summed E-state index contributed by atoms with van der Waals surface area (Å²) in [5.41, 5.74) is 4.44. The molecule has 0 aliphatic carbocycles. The molecule has 13 heavy (non-hydrogen) atoms. The number of anilines is 2. The van der Waals surface area contributed by atoms with Gasteiger partial charge < -0.3 is 5.84 Å². The van der Waals surface area contributed by atoms with E-state index in [9.17, 15) is 0 Å². The van der Waals surface area contributed by atoms with Crippen molar-refractivity contribution in [3.8, 4) is 5.40 Å². The number of hydrazine groups is 2. The quantitative estimate of drug-likeness (QED) is 0.139. The number of nitrogens with zero attached hydrogens (tertiary/aromatic N) is 4. The lowest BCUT2D eigenvalue weighted by atomic mass is 11.0. The summed E-state index contributed by atoms with van der Waals surface area (Å²) in [7, 11) is 0. The van der Waals surface area contributed by atoms with Crippen molar-refractivity contribution < 1.29 is 0 Å². The molecule has 72 valence electrons. The van der Waals surface area contributed by atoms with Gasteiger partial charge in [0, 0.05) is 0 Å². The zero-order chi connectivity index (χ0) is 10.3. The van der Waals surface area contributed by atoms with E-state index in [0.717, 1.165) is 4.68 Å². The van der Waals surface area contributed by atoms with E-state index in [0.29, 0.717) is 0 Å². The predicted octanol–water partition coefficient (Wildman–Crippen LogP) is -2.04. The van der Waals surface area contributed by atoms with Crippen LogP contribution in [0.2, 0.25) is 0 Å². The van der Waals surface area contributed by atoms with Crippen molar-refractivity contribution in [3.63, 3.8) is 0 Å². The van der Waals surface area contributed by atoms with Gasteiger partial charge in [-0.25, -0.2) is 11.7 Å². The average Bonchev–Trinajstić information content (AvgIpc) is 2.47. The molecule has 0 fully saturated rings. The van der Waals surface area contributed by atoms with E-state index in [-0.39, 0.29) is 11.9 Å². The molecule has 9 nitrogen and oxygen atoms in total. The van der Waals surface area contributed by atoms with Gasteiger partial charge in [0.2, 0.25) is 0 Å². The van der Waals surface area contributed by atoms with Gasteiger partial charge in [-0.05, 0) is 0 Å². The standard InChI is InChI=1S/C2H8N8.CHNS/c3-6-1-8-9-2(7-4)10(1)5;2-1-3/h3-5H2,(H,6,8)(H,7,9);3H. The third-order valence-corrected chi connectivity index (χ3v) is 0.954. The molecule has 1 heterocycles. The van der Waals surface area contributed by atoms with Crippen molar-refractivity contribution in [1.29, 1.82) is 5.26 Å². The Labute approximate surface area is 79.2 Å². The van der Waals surface area contributed by atoms with Crippen LogP contribution >= 0.6 is 12.6 Å². The molecule has 0 aromatic carbocycles. The summed E-state index contributed by atoms with van der Waals surface area (Å²) in [6.07, 6.45) is 0. The lowest BCUT2D eigenvalue weighted by Gasteiger charge is -1.99. The molecular formula is C3H9N9S. The van der Waals surface area contributed by atoms with Crippen LogP contribution < -0.4 is 28.4 Å². The molecule has 0 atom stereocenters. The monoisotopic (exact) mass is 203 g/mol. The normalized spacial score (nSPS) is 7.85. The maximum absolute atomic E-state index is 7.18. The molecule has 0 saturated heterocycles. The molecular weight excluding hydrogens is 194 g/mol. The Morgan fingerprint density at radius 2 is 1.62 bits per heavy atom.